The number of carbonyl (C=O) groups is 2. The van der Waals surface area contributed by atoms with E-state index in [2.05, 4.69) is 10.2 Å². The van der Waals surface area contributed by atoms with Gasteiger partial charge in [0, 0.05) is 13.6 Å². The lowest BCUT2D eigenvalue weighted by molar-refractivity contribution is -0.173. The van der Waals surface area contributed by atoms with Crippen LogP contribution < -0.4 is 5.69 Å². The van der Waals surface area contributed by atoms with Crippen molar-refractivity contribution in [3.8, 4) is 0 Å². The Hall–Kier alpha value is -5.16. The van der Waals surface area contributed by atoms with E-state index < -0.39 is 70.5 Å². The van der Waals surface area contributed by atoms with Crippen molar-refractivity contribution in [2.24, 2.45) is 0 Å². The zero-order chi connectivity index (χ0) is 38.6. The summed E-state index contributed by atoms with van der Waals surface area (Å²) in [6.07, 6.45) is -11.5. The summed E-state index contributed by atoms with van der Waals surface area (Å²) in [4.78, 5) is 47.2. The number of alkyl halides is 6. The van der Waals surface area contributed by atoms with Gasteiger partial charge in [-0.2, -0.15) is 31.4 Å². The lowest BCUT2D eigenvalue weighted by Gasteiger charge is -2.53. The lowest BCUT2D eigenvalue weighted by atomic mass is 9.73. The molecule has 1 saturated heterocycles. The van der Waals surface area contributed by atoms with Gasteiger partial charge in [0.15, 0.2) is 0 Å². The number of halogens is 6. The fraction of sp³-hybridized carbons (Fsp3) is 0.389. The number of aromatic amines is 1. The molecule has 1 aliphatic heterocycles. The largest absolute Gasteiger partial charge is 0.445 e. The molecule has 17 heteroatoms. The molecule has 0 bridgehead atoms. The number of hydrogen-bond donors (Lipinski definition) is 1. The Morgan fingerprint density at radius 3 is 2.09 bits per heavy atom. The van der Waals surface area contributed by atoms with Gasteiger partial charge in [0.1, 0.15) is 12.9 Å². The van der Waals surface area contributed by atoms with Crippen molar-refractivity contribution < 1.29 is 50.2 Å². The van der Waals surface area contributed by atoms with E-state index in [1.54, 1.807) is 60.7 Å². The Bertz CT molecular complexity index is 1900. The minimum absolute atomic E-state index is 0.0117. The fourth-order valence-electron chi connectivity index (χ4n) is 6.50. The van der Waals surface area contributed by atoms with E-state index in [1.165, 1.54) is 36.9 Å². The summed E-state index contributed by atoms with van der Waals surface area (Å²) >= 11 is 0. The topological polar surface area (TPSA) is 119 Å². The van der Waals surface area contributed by atoms with Gasteiger partial charge >= 0.3 is 24.1 Å². The van der Waals surface area contributed by atoms with E-state index in [4.69, 9.17) is 14.3 Å². The Labute approximate surface area is 300 Å². The quantitative estimate of drug-likeness (QED) is 0.132. The number of ether oxygens (including phenoxy) is 2. The number of amides is 2. The average Bonchev–Trinajstić information content (AvgIpc) is 3.59. The highest BCUT2D eigenvalue weighted by molar-refractivity contribution is 5.76. The Balaban J connectivity index is 1.60. The summed E-state index contributed by atoms with van der Waals surface area (Å²) in [5, 5.41) is 7.14. The first kappa shape index (κ1) is 39.1. The normalized spacial score (nSPS) is 19.8. The standard InChI is InChI=1S/C36H37F6N5O6/c1-24(26-16-28(35(37,38)39)18-29(17-26)36(40,41)42)53-22-34(27-12-8-5-9-13-27)15-14-33(19-30(48)45(2)51-3,47-23-43-44-31(47)49)21-46(34)32(50)52-20-25-10-6-4-7-11-25/h4-13,16-18,23-24H,14-15,19-22H2,1-3H3,(H,44,49)/t24-,33-,34-/m1/s1. The number of H-pyrrole nitrogens is 1. The van der Waals surface area contributed by atoms with Crippen LogP contribution in [0.5, 0.6) is 0 Å². The molecule has 1 aromatic heterocycles. The highest BCUT2D eigenvalue weighted by atomic mass is 19.4. The number of hydroxylamine groups is 2. The van der Waals surface area contributed by atoms with Gasteiger partial charge in [0.25, 0.3) is 0 Å². The van der Waals surface area contributed by atoms with Crippen LogP contribution in [0, 0.1) is 0 Å². The van der Waals surface area contributed by atoms with Crippen molar-refractivity contribution in [2.45, 2.75) is 62.3 Å². The number of hydrogen-bond acceptors (Lipinski definition) is 7. The Morgan fingerprint density at radius 2 is 1.55 bits per heavy atom. The van der Waals surface area contributed by atoms with Crippen LogP contribution in [0.1, 0.15) is 60.1 Å². The molecule has 0 radical (unpaired) electrons. The molecule has 3 aromatic carbocycles. The summed E-state index contributed by atoms with van der Waals surface area (Å²) in [5.74, 6) is -0.541. The molecule has 2 heterocycles. The smallest absolute Gasteiger partial charge is 0.416 e. The van der Waals surface area contributed by atoms with Crippen LogP contribution in [0.15, 0.2) is 90.0 Å². The van der Waals surface area contributed by atoms with Crippen LogP contribution in [0.3, 0.4) is 0 Å². The van der Waals surface area contributed by atoms with Crippen molar-refractivity contribution in [1.29, 1.82) is 0 Å². The molecule has 1 fully saturated rings. The molecule has 1 N–H and O–H groups in total. The van der Waals surface area contributed by atoms with Crippen LogP contribution in [0.2, 0.25) is 0 Å². The number of benzene rings is 3. The summed E-state index contributed by atoms with van der Waals surface area (Å²) in [6.45, 7) is 0.368. The molecule has 0 aliphatic carbocycles. The molecule has 0 spiro atoms. The fourth-order valence-corrected chi connectivity index (χ4v) is 6.50. The van der Waals surface area contributed by atoms with Crippen LogP contribution in [-0.2, 0) is 49.1 Å². The molecule has 11 nitrogen and oxygen atoms in total. The predicted molar refractivity (Wildman–Crippen MR) is 177 cm³/mol. The van der Waals surface area contributed by atoms with Gasteiger partial charge in [-0.3, -0.25) is 19.1 Å². The van der Waals surface area contributed by atoms with Gasteiger partial charge in [0.05, 0.1) is 48.4 Å². The lowest BCUT2D eigenvalue weighted by Crippen LogP contribution is -2.64. The molecule has 0 saturated carbocycles. The van der Waals surface area contributed by atoms with E-state index in [9.17, 15) is 40.7 Å². The number of piperidine rings is 1. The zero-order valence-electron chi connectivity index (χ0n) is 28.9. The second-order valence-corrected chi connectivity index (χ2v) is 12.8. The molecule has 0 unspecified atom stereocenters. The number of aromatic nitrogens is 3. The first-order valence-corrected chi connectivity index (χ1v) is 16.4. The van der Waals surface area contributed by atoms with Crippen molar-refractivity contribution in [2.75, 3.05) is 27.3 Å². The predicted octanol–water partition coefficient (Wildman–Crippen LogP) is 6.82. The van der Waals surface area contributed by atoms with Crippen LogP contribution in [0.25, 0.3) is 0 Å². The van der Waals surface area contributed by atoms with Gasteiger partial charge in [-0.15, -0.1) is 0 Å². The maximum atomic E-state index is 14.4. The van der Waals surface area contributed by atoms with Crippen molar-refractivity contribution >= 4 is 12.0 Å². The van der Waals surface area contributed by atoms with Crippen LogP contribution in [-0.4, -0.2) is 64.0 Å². The maximum Gasteiger partial charge on any atom is 0.416 e. The summed E-state index contributed by atoms with van der Waals surface area (Å²) in [5.41, 5.74) is -5.81. The van der Waals surface area contributed by atoms with Gasteiger partial charge in [-0.05, 0) is 54.7 Å². The molecular weight excluding hydrogens is 712 g/mol. The molecule has 53 heavy (non-hydrogen) atoms. The van der Waals surface area contributed by atoms with E-state index in [0.717, 1.165) is 5.06 Å². The number of nitrogens with zero attached hydrogens (tertiary/aromatic N) is 4. The number of likely N-dealkylation sites (tertiary alicyclic amines) is 1. The third-order valence-electron chi connectivity index (χ3n) is 9.53. The zero-order valence-corrected chi connectivity index (χ0v) is 28.9. The van der Waals surface area contributed by atoms with Crippen LogP contribution >= 0.6 is 0 Å². The number of nitrogens with one attached hydrogen (secondary N) is 1. The minimum Gasteiger partial charge on any atom is -0.445 e. The minimum atomic E-state index is -5.08. The average molecular weight is 750 g/mol. The molecular formula is C36H37F6N5O6. The second-order valence-electron chi connectivity index (χ2n) is 12.8. The Kier molecular flexibility index (Phi) is 11.4. The van der Waals surface area contributed by atoms with Crippen molar-refractivity contribution in [3.05, 3.63) is 123 Å². The summed E-state index contributed by atoms with van der Waals surface area (Å²) in [7, 11) is 2.66. The molecule has 284 valence electrons. The van der Waals surface area contributed by atoms with Crippen LogP contribution in [0.4, 0.5) is 31.1 Å². The second kappa shape index (κ2) is 15.4. The molecule has 5 rings (SSSR count). The molecule has 4 aromatic rings. The van der Waals surface area contributed by atoms with Gasteiger partial charge < -0.3 is 9.47 Å². The van der Waals surface area contributed by atoms with E-state index in [0.29, 0.717) is 23.3 Å². The summed E-state index contributed by atoms with van der Waals surface area (Å²) in [6, 6.07) is 18.5. The SMILES string of the molecule is CON(C)C(=O)C[C@]1(n2cn[nH]c2=O)CC[C@@](CO[C@H](C)c2cc(C(F)(F)F)cc(C(F)(F)F)c2)(c2ccccc2)N(C(=O)OCc2ccccc2)C1. The maximum absolute atomic E-state index is 14.4. The van der Waals surface area contributed by atoms with E-state index >= 15 is 0 Å². The number of carbonyl (C=O) groups excluding carboxylic acids is 2. The monoisotopic (exact) mass is 749 g/mol. The third-order valence-corrected chi connectivity index (χ3v) is 9.53. The van der Waals surface area contributed by atoms with Gasteiger partial charge in [-0.1, -0.05) is 60.7 Å². The molecule has 2 amide bonds. The molecule has 3 atom stereocenters. The number of rotatable bonds is 11. The van der Waals surface area contributed by atoms with Crippen molar-refractivity contribution in [1.82, 2.24) is 24.7 Å². The van der Waals surface area contributed by atoms with Gasteiger partial charge in [0.2, 0.25) is 5.91 Å². The first-order valence-electron chi connectivity index (χ1n) is 16.4. The van der Waals surface area contributed by atoms with Gasteiger partial charge in [-0.25, -0.2) is 19.8 Å². The highest BCUT2D eigenvalue weighted by Crippen LogP contribution is 2.47. The van der Waals surface area contributed by atoms with E-state index in [-0.39, 0.29) is 38.5 Å². The summed E-state index contributed by atoms with van der Waals surface area (Å²) < 4.78 is 95.6. The first-order chi connectivity index (χ1) is 25.0. The third kappa shape index (κ3) is 8.57. The Morgan fingerprint density at radius 1 is 0.943 bits per heavy atom. The molecule has 1 aliphatic rings. The van der Waals surface area contributed by atoms with Crippen molar-refractivity contribution in [3.63, 3.8) is 0 Å². The highest BCUT2D eigenvalue weighted by Gasteiger charge is 2.54. The van der Waals surface area contributed by atoms with E-state index in [1.807, 2.05) is 0 Å².